The molecule has 0 aliphatic carbocycles. The quantitative estimate of drug-likeness (QED) is 0.166. The maximum absolute atomic E-state index is 13.2. The summed E-state index contributed by atoms with van der Waals surface area (Å²) in [6.45, 7) is 19.7. The van der Waals surface area contributed by atoms with Gasteiger partial charge in [0.25, 0.3) is 0 Å². The molecule has 3 nitrogen and oxygen atoms in total. The Morgan fingerprint density at radius 1 is 0.538 bits per heavy atom. The Morgan fingerprint density at radius 3 is 1.46 bits per heavy atom. The first-order chi connectivity index (χ1) is 24.4. The maximum Gasteiger partial charge on any atom is 0.416 e. The average Bonchev–Trinajstić information content (AvgIpc) is 3.51. The molecule has 1 heterocycles. The van der Waals surface area contributed by atoms with Crippen LogP contribution in [0.1, 0.15) is 88.5 Å². The van der Waals surface area contributed by atoms with E-state index in [0.717, 1.165) is 74.6 Å². The standard InChI is InChI=1S/C46H48F3N3/c1-10-11-42-50-43(33-16-22-39(23-17-33)46(47,48)49)51-52(42)41-25-29(2)40(24-30(41)3)36-27-34(31-12-18-37(19-13-31)44(4,5)6)26-35(28-36)32-14-20-38(21-15-32)45(7,8)9/h12-28H,10-11H2,1-9H3. The van der Waals surface area contributed by atoms with Crippen LogP contribution in [-0.4, -0.2) is 14.8 Å². The lowest BCUT2D eigenvalue weighted by Crippen LogP contribution is -2.10. The Bertz CT molecular complexity index is 2120. The lowest BCUT2D eigenvalue weighted by atomic mass is 9.85. The summed E-state index contributed by atoms with van der Waals surface area (Å²) in [7, 11) is 0. The number of benzene rings is 5. The Hall–Kier alpha value is -4.97. The molecule has 0 N–H and O–H groups in total. The van der Waals surface area contributed by atoms with Crippen LogP contribution in [0.15, 0.2) is 103 Å². The van der Waals surface area contributed by atoms with Crippen molar-refractivity contribution in [3.05, 3.63) is 137 Å². The Balaban J connectivity index is 1.45. The predicted octanol–water partition coefficient (Wildman–Crippen LogP) is 13.1. The highest BCUT2D eigenvalue weighted by Gasteiger charge is 2.30. The fourth-order valence-corrected chi connectivity index (χ4v) is 6.64. The molecule has 0 unspecified atom stereocenters. The van der Waals surface area contributed by atoms with E-state index in [9.17, 15) is 13.2 Å². The molecule has 6 rings (SSSR count). The van der Waals surface area contributed by atoms with E-state index in [2.05, 4.69) is 141 Å². The van der Waals surface area contributed by atoms with Crippen molar-refractivity contribution >= 4 is 0 Å². The summed E-state index contributed by atoms with van der Waals surface area (Å²) in [4.78, 5) is 4.79. The first-order valence-electron chi connectivity index (χ1n) is 18.0. The van der Waals surface area contributed by atoms with Gasteiger partial charge >= 0.3 is 6.18 Å². The second-order valence-corrected chi connectivity index (χ2v) is 16.0. The van der Waals surface area contributed by atoms with Crippen LogP contribution in [-0.2, 0) is 23.4 Å². The zero-order chi connectivity index (χ0) is 37.6. The SMILES string of the molecule is CCCc1nc(-c2ccc(C(F)(F)F)cc2)nn1-c1cc(C)c(-c2cc(-c3ccc(C(C)(C)C)cc3)cc(-c3ccc(C(C)(C)C)cc3)c2)cc1C. The molecule has 268 valence electrons. The predicted molar refractivity (Wildman–Crippen MR) is 209 cm³/mol. The molecule has 0 radical (unpaired) electrons. The largest absolute Gasteiger partial charge is 0.416 e. The number of halogens is 3. The van der Waals surface area contributed by atoms with Gasteiger partial charge in [-0.2, -0.15) is 13.2 Å². The number of aromatic nitrogens is 3. The summed E-state index contributed by atoms with van der Waals surface area (Å²) in [5, 5.41) is 4.85. The molecule has 52 heavy (non-hydrogen) atoms. The number of nitrogens with zero attached hydrogens (tertiary/aromatic N) is 3. The van der Waals surface area contributed by atoms with Gasteiger partial charge in [0.15, 0.2) is 5.82 Å². The Labute approximate surface area is 306 Å². The first-order valence-corrected chi connectivity index (χ1v) is 18.0. The van der Waals surface area contributed by atoms with Gasteiger partial charge < -0.3 is 0 Å². The summed E-state index contributed by atoms with van der Waals surface area (Å²) in [6, 6.07) is 34.1. The summed E-state index contributed by atoms with van der Waals surface area (Å²) < 4.78 is 41.6. The smallest absolute Gasteiger partial charge is 0.217 e. The molecule has 0 saturated heterocycles. The van der Waals surface area contributed by atoms with Crippen LogP contribution in [0.5, 0.6) is 0 Å². The molecule has 0 bridgehead atoms. The minimum atomic E-state index is -4.40. The summed E-state index contributed by atoms with van der Waals surface area (Å²) >= 11 is 0. The third-order valence-corrected chi connectivity index (χ3v) is 9.80. The van der Waals surface area contributed by atoms with Crippen LogP contribution in [0.3, 0.4) is 0 Å². The zero-order valence-electron chi connectivity index (χ0n) is 31.7. The highest BCUT2D eigenvalue weighted by Crippen LogP contribution is 2.38. The van der Waals surface area contributed by atoms with Crippen LogP contribution in [0, 0.1) is 13.8 Å². The van der Waals surface area contributed by atoms with E-state index in [1.54, 1.807) is 0 Å². The van der Waals surface area contributed by atoms with E-state index in [1.165, 1.54) is 23.3 Å². The molecule has 0 fully saturated rings. The maximum atomic E-state index is 13.2. The van der Waals surface area contributed by atoms with Crippen LogP contribution < -0.4 is 0 Å². The molecule has 5 aromatic carbocycles. The van der Waals surface area contributed by atoms with E-state index in [-0.39, 0.29) is 10.8 Å². The molecule has 6 heteroatoms. The summed E-state index contributed by atoms with van der Waals surface area (Å²) in [6.07, 6.45) is -2.87. The van der Waals surface area contributed by atoms with Gasteiger partial charge in [0.05, 0.1) is 11.3 Å². The normalized spacial score (nSPS) is 12.4. The molecule has 0 amide bonds. The summed E-state index contributed by atoms with van der Waals surface area (Å²) in [5.74, 6) is 1.18. The van der Waals surface area contributed by atoms with Crippen molar-refractivity contribution in [3.63, 3.8) is 0 Å². The van der Waals surface area contributed by atoms with Crippen molar-refractivity contribution < 1.29 is 13.2 Å². The Morgan fingerprint density at radius 2 is 1.00 bits per heavy atom. The average molecular weight is 700 g/mol. The number of rotatable bonds is 7. The van der Waals surface area contributed by atoms with E-state index >= 15 is 0 Å². The number of hydrogen-bond acceptors (Lipinski definition) is 2. The monoisotopic (exact) mass is 699 g/mol. The van der Waals surface area contributed by atoms with Gasteiger partial charge in [0.2, 0.25) is 0 Å². The Kier molecular flexibility index (Phi) is 9.82. The van der Waals surface area contributed by atoms with Crippen LogP contribution in [0.25, 0.3) is 50.5 Å². The molecular formula is C46H48F3N3. The molecule has 6 aromatic rings. The van der Waals surface area contributed by atoms with Crippen molar-refractivity contribution in [2.45, 2.75) is 92.2 Å². The highest BCUT2D eigenvalue weighted by molar-refractivity contribution is 5.83. The molecule has 0 aliphatic rings. The third-order valence-electron chi connectivity index (χ3n) is 9.80. The molecular weight excluding hydrogens is 652 g/mol. The van der Waals surface area contributed by atoms with Gasteiger partial charge in [-0.3, -0.25) is 0 Å². The third kappa shape index (κ3) is 7.77. The number of aryl methyl sites for hydroxylation is 3. The van der Waals surface area contributed by atoms with E-state index in [1.807, 2.05) is 4.68 Å². The van der Waals surface area contributed by atoms with E-state index in [4.69, 9.17) is 10.1 Å². The number of alkyl halides is 3. The molecule has 0 saturated carbocycles. The van der Waals surface area contributed by atoms with Crippen molar-refractivity contribution in [2.75, 3.05) is 0 Å². The molecule has 0 atom stereocenters. The van der Waals surface area contributed by atoms with Crippen molar-refractivity contribution in [1.82, 2.24) is 14.8 Å². The van der Waals surface area contributed by atoms with Crippen molar-refractivity contribution in [3.8, 4) is 50.5 Å². The zero-order valence-corrected chi connectivity index (χ0v) is 31.7. The minimum absolute atomic E-state index is 0.0658. The van der Waals surface area contributed by atoms with Crippen molar-refractivity contribution in [1.29, 1.82) is 0 Å². The van der Waals surface area contributed by atoms with E-state index < -0.39 is 11.7 Å². The number of hydrogen-bond donors (Lipinski definition) is 0. The fourth-order valence-electron chi connectivity index (χ4n) is 6.64. The highest BCUT2D eigenvalue weighted by atomic mass is 19.4. The summed E-state index contributed by atoms with van der Waals surface area (Å²) in [5.41, 5.74) is 12.5. The van der Waals surface area contributed by atoms with Gasteiger partial charge in [0, 0.05) is 12.0 Å². The molecule has 1 aromatic heterocycles. The first kappa shape index (κ1) is 36.8. The second kappa shape index (κ2) is 13.9. The van der Waals surface area contributed by atoms with E-state index in [0.29, 0.717) is 17.8 Å². The van der Waals surface area contributed by atoms with Gasteiger partial charge in [-0.25, -0.2) is 9.67 Å². The van der Waals surface area contributed by atoms with Gasteiger partial charge in [-0.15, -0.1) is 5.10 Å². The van der Waals surface area contributed by atoms with Gasteiger partial charge in [-0.05, 0) is 129 Å². The lowest BCUT2D eigenvalue weighted by molar-refractivity contribution is -0.137. The lowest BCUT2D eigenvalue weighted by Gasteiger charge is -2.20. The van der Waals surface area contributed by atoms with Crippen molar-refractivity contribution in [2.24, 2.45) is 0 Å². The molecule has 0 spiro atoms. The van der Waals surface area contributed by atoms with Gasteiger partial charge in [-0.1, -0.05) is 109 Å². The topological polar surface area (TPSA) is 30.7 Å². The van der Waals surface area contributed by atoms with Crippen LogP contribution in [0.4, 0.5) is 13.2 Å². The van der Waals surface area contributed by atoms with Gasteiger partial charge in [0.1, 0.15) is 5.82 Å². The minimum Gasteiger partial charge on any atom is -0.217 e. The molecule has 0 aliphatic heterocycles. The second-order valence-electron chi connectivity index (χ2n) is 16.0. The van der Waals surface area contributed by atoms with Crippen LogP contribution in [0.2, 0.25) is 0 Å². The fraction of sp³-hybridized carbons (Fsp3) is 0.304. The van der Waals surface area contributed by atoms with Crippen LogP contribution >= 0.6 is 0 Å².